The van der Waals surface area contributed by atoms with Gasteiger partial charge in [0.1, 0.15) is 0 Å². The van der Waals surface area contributed by atoms with Gasteiger partial charge in [-0.3, -0.25) is 4.79 Å². The number of hydrogen-bond acceptors (Lipinski definition) is 2. The predicted molar refractivity (Wildman–Crippen MR) is 71.9 cm³/mol. The summed E-state index contributed by atoms with van der Waals surface area (Å²) in [6, 6.07) is 0. The van der Waals surface area contributed by atoms with Crippen molar-refractivity contribution in [3.8, 4) is 0 Å². The summed E-state index contributed by atoms with van der Waals surface area (Å²) in [5.74, 6) is 0.831. The molecule has 1 saturated carbocycles. The van der Waals surface area contributed by atoms with Crippen LogP contribution in [-0.4, -0.2) is 25.2 Å². The molecular weight excluding hydrogens is 214 g/mol. The van der Waals surface area contributed by atoms with Crippen LogP contribution in [0.2, 0.25) is 0 Å². The second-order valence-electron chi connectivity index (χ2n) is 3.63. The number of allylic oxidation sites excluding steroid dienone is 1. The lowest BCUT2D eigenvalue weighted by Crippen LogP contribution is -2.27. The number of nitrogens with one attached hydrogen (secondary N) is 1. The zero-order chi connectivity index (χ0) is 13.3. The maximum absolute atomic E-state index is 11.5. The number of carbonyl (C=O) groups excluding carboxylic acids is 1. The number of amides is 1. The lowest BCUT2D eigenvalue weighted by atomic mass is 10.2. The van der Waals surface area contributed by atoms with Gasteiger partial charge in [0, 0.05) is 19.1 Å². The quantitative estimate of drug-likeness (QED) is 0.772. The van der Waals surface area contributed by atoms with E-state index in [0.29, 0.717) is 12.5 Å². The number of fused-ring (bicyclic) bond motifs is 1. The van der Waals surface area contributed by atoms with Gasteiger partial charge in [0.05, 0.1) is 12.0 Å². The molecule has 0 radical (unpaired) electrons. The molecular formula is C14H27NO2. The third kappa shape index (κ3) is 4.50. The molecule has 0 aromatic carbocycles. The zero-order valence-corrected chi connectivity index (χ0v) is 11.8. The summed E-state index contributed by atoms with van der Waals surface area (Å²) >= 11 is 0. The summed E-state index contributed by atoms with van der Waals surface area (Å²) in [5, 5.41) is 2.87. The topological polar surface area (TPSA) is 38.3 Å². The van der Waals surface area contributed by atoms with Crippen molar-refractivity contribution in [2.75, 3.05) is 13.2 Å². The van der Waals surface area contributed by atoms with Gasteiger partial charge in [0.25, 0.3) is 0 Å². The fourth-order valence-corrected chi connectivity index (χ4v) is 1.99. The van der Waals surface area contributed by atoms with E-state index in [2.05, 4.69) is 5.32 Å². The van der Waals surface area contributed by atoms with Crippen molar-refractivity contribution in [1.82, 2.24) is 5.32 Å². The lowest BCUT2D eigenvalue weighted by molar-refractivity contribution is -0.123. The molecule has 3 atom stereocenters. The smallest absolute Gasteiger partial charge is 0.226 e. The van der Waals surface area contributed by atoms with Gasteiger partial charge in [-0.05, 0) is 13.3 Å². The van der Waals surface area contributed by atoms with Gasteiger partial charge in [0.2, 0.25) is 5.91 Å². The van der Waals surface area contributed by atoms with Crippen molar-refractivity contribution in [1.29, 1.82) is 0 Å². The second kappa shape index (κ2) is 9.23. The minimum Gasteiger partial charge on any atom is -0.377 e. The maximum Gasteiger partial charge on any atom is 0.226 e. The van der Waals surface area contributed by atoms with E-state index in [0.717, 1.165) is 13.0 Å². The molecule has 2 fully saturated rings. The van der Waals surface area contributed by atoms with Crippen molar-refractivity contribution in [3.63, 3.8) is 0 Å². The van der Waals surface area contributed by atoms with Crippen molar-refractivity contribution in [2.45, 2.75) is 47.1 Å². The van der Waals surface area contributed by atoms with Crippen LogP contribution < -0.4 is 5.32 Å². The van der Waals surface area contributed by atoms with E-state index in [-0.39, 0.29) is 17.9 Å². The Morgan fingerprint density at radius 3 is 2.47 bits per heavy atom. The predicted octanol–water partition coefficient (Wildman–Crippen LogP) is 2.77. The molecule has 1 aliphatic carbocycles. The Balaban J connectivity index is 0.000000581. The van der Waals surface area contributed by atoms with Crippen molar-refractivity contribution >= 4 is 5.91 Å². The molecule has 17 heavy (non-hydrogen) atoms. The average Bonchev–Trinajstić information content (AvgIpc) is 2.88. The van der Waals surface area contributed by atoms with Gasteiger partial charge < -0.3 is 10.1 Å². The number of rotatable bonds is 3. The molecule has 0 bridgehead atoms. The van der Waals surface area contributed by atoms with E-state index in [4.69, 9.17) is 4.74 Å². The first-order chi connectivity index (χ1) is 8.34. The van der Waals surface area contributed by atoms with Crippen molar-refractivity contribution < 1.29 is 9.53 Å². The molecule has 1 amide bonds. The maximum atomic E-state index is 11.5. The molecule has 100 valence electrons. The molecule has 0 aromatic heterocycles. The Hall–Kier alpha value is -0.830. The fraction of sp³-hybridized carbons (Fsp3) is 0.786. The number of carbonyl (C=O) groups is 1. The molecule has 1 saturated heterocycles. The SMILES string of the molecule is C/C=C/CNC(=O)C1C2CCOC21.CC.CC. The molecule has 1 aliphatic heterocycles. The molecule has 1 N–H and O–H groups in total. The Bertz CT molecular complexity index is 228. The van der Waals surface area contributed by atoms with Crippen LogP contribution in [0.3, 0.4) is 0 Å². The molecule has 2 aliphatic rings. The summed E-state index contributed by atoms with van der Waals surface area (Å²) in [4.78, 5) is 11.5. The van der Waals surface area contributed by atoms with Crippen LogP contribution in [0.1, 0.15) is 41.0 Å². The third-order valence-corrected chi connectivity index (χ3v) is 2.79. The lowest BCUT2D eigenvalue weighted by Gasteiger charge is -2.03. The van der Waals surface area contributed by atoms with E-state index in [1.54, 1.807) is 0 Å². The Morgan fingerprint density at radius 2 is 2.00 bits per heavy atom. The standard InChI is InChI=1S/C10H15NO2.2C2H6/c1-2-3-5-11-10(12)8-7-4-6-13-9(7)8;2*1-2/h2-3,7-9H,4-6H2,1H3,(H,11,12);2*1-2H3/b3-2+;;. The van der Waals surface area contributed by atoms with Crippen molar-refractivity contribution in [2.24, 2.45) is 11.8 Å². The van der Waals surface area contributed by atoms with Crippen LogP contribution in [0.15, 0.2) is 12.2 Å². The van der Waals surface area contributed by atoms with E-state index in [1.807, 2.05) is 46.8 Å². The number of hydrogen-bond donors (Lipinski definition) is 1. The van der Waals surface area contributed by atoms with Crippen LogP contribution in [0.5, 0.6) is 0 Å². The highest BCUT2D eigenvalue weighted by molar-refractivity contribution is 5.83. The first kappa shape index (κ1) is 16.2. The monoisotopic (exact) mass is 241 g/mol. The van der Waals surface area contributed by atoms with E-state index in [9.17, 15) is 4.79 Å². The minimum absolute atomic E-state index is 0.152. The van der Waals surface area contributed by atoms with Gasteiger partial charge in [-0.2, -0.15) is 0 Å². The minimum atomic E-state index is 0.152. The van der Waals surface area contributed by atoms with Crippen LogP contribution >= 0.6 is 0 Å². The normalized spacial score (nSPS) is 28.4. The molecule has 2 rings (SSSR count). The summed E-state index contributed by atoms with van der Waals surface area (Å²) < 4.78 is 5.39. The van der Waals surface area contributed by atoms with E-state index < -0.39 is 0 Å². The van der Waals surface area contributed by atoms with Crippen LogP contribution in [0, 0.1) is 11.8 Å². The van der Waals surface area contributed by atoms with E-state index >= 15 is 0 Å². The third-order valence-electron chi connectivity index (χ3n) is 2.79. The van der Waals surface area contributed by atoms with Gasteiger partial charge >= 0.3 is 0 Å². The summed E-state index contributed by atoms with van der Waals surface area (Å²) in [6.07, 6.45) is 5.18. The molecule has 3 nitrogen and oxygen atoms in total. The van der Waals surface area contributed by atoms with E-state index in [1.165, 1.54) is 0 Å². The number of ether oxygens (including phenoxy) is 1. The molecule has 1 heterocycles. The molecule has 3 heteroatoms. The molecule has 0 spiro atoms. The molecule has 0 aromatic rings. The Labute approximate surface area is 106 Å². The van der Waals surface area contributed by atoms with Crippen LogP contribution in [-0.2, 0) is 9.53 Å². The Kier molecular flexibility index (Phi) is 8.78. The van der Waals surface area contributed by atoms with Gasteiger partial charge in [0.15, 0.2) is 0 Å². The largest absolute Gasteiger partial charge is 0.377 e. The van der Waals surface area contributed by atoms with Crippen LogP contribution in [0.4, 0.5) is 0 Å². The zero-order valence-electron chi connectivity index (χ0n) is 11.8. The summed E-state index contributed by atoms with van der Waals surface area (Å²) in [7, 11) is 0. The first-order valence-electron chi connectivity index (χ1n) is 6.85. The highest BCUT2D eigenvalue weighted by Crippen LogP contribution is 2.48. The second-order valence-corrected chi connectivity index (χ2v) is 3.63. The first-order valence-corrected chi connectivity index (χ1v) is 6.85. The fourth-order valence-electron chi connectivity index (χ4n) is 1.99. The summed E-state index contributed by atoms with van der Waals surface area (Å²) in [5.41, 5.74) is 0. The summed E-state index contributed by atoms with van der Waals surface area (Å²) in [6.45, 7) is 11.4. The highest BCUT2D eigenvalue weighted by Gasteiger charge is 2.58. The molecule has 3 unspecified atom stereocenters. The van der Waals surface area contributed by atoms with Gasteiger partial charge in [-0.25, -0.2) is 0 Å². The van der Waals surface area contributed by atoms with Crippen LogP contribution in [0.25, 0.3) is 0 Å². The Morgan fingerprint density at radius 1 is 1.35 bits per heavy atom. The van der Waals surface area contributed by atoms with Crippen molar-refractivity contribution in [3.05, 3.63) is 12.2 Å². The van der Waals surface area contributed by atoms with Gasteiger partial charge in [-0.15, -0.1) is 0 Å². The van der Waals surface area contributed by atoms with Gasteiger partial charge in [-0.1, -0.05) is 39.8 Å². The highest BCUT2D eigenvalue weighted by atomic mass is 16.5. The average molecular weight is 241 g/mol.